The molecule has 3 amide bonds. The Kier molecular flexibility index (Phi) is 8.97. The molecule has 2 aliphatic rings. The number of ether oxygens (including phenoxy) is 2. The fourth-order valence-electron chi connectivity index (χ4n) is 5.06. The molecule has 5 rings (SSSR count). The fraction of sp³-hybridized carbons (Fsp3) is 0.429. The number of halogens is 2. The molecule has 2 aromatic heterocycles. The van der Waals surface area contributed by atoms with Gasteiger partial charge >= 0.3 is 12.1 Å². The van der Waals surface area contributed by atoms with Crippen molar-refractivity contribution < 1.29 is 37.4 Å². The normalized spacial score (nSPS) is 16.9. The Morgan fingerprint density at radius 2 is 1.86 bits per heavy atom. The molecule has 4 heterocycles. The van der Waals surface area contributed by atoms with Gasteiger partial charge in [-0.2, -0.15) is 0 Å². The summed E-state index contributed by atoms with van der Waals surface area (Å²) in [6.07, 6.45) is 3.83. The van der Waals surface area contributed by atoms with Gasteiger partial charge in [-0.1, -0.05) is 0 Å². The number of piperazine rings is 1. The van der Waals surface area contributed by atoms with Crippen LogP contribution in [-0.4, -0.2) is 95.1 Å². The number of nitrogens with zero attached hydrogens (tertiary/aromatic N) is 6. The number of carbonyl (C=O) groups is 4. The van der Waals surface area contributed by atoms with Gasteiger partial charge in [-0.15, -0.1) is 0 Å². The van der Waals surface area contributed by atoms with Crippen LogP contribution in [0.3, 0.4) is 0 Å². The second kappa shape index (κ2) is 13.0. The third-order valence-corrected chi connectivity index (χ3v) is 7.20. The van der Waals surface area contributed by atoms with Gasteiger partial charge in [-0.3, -0.25) is 23.7 Å². The Balaban J connectivity index is 1.10. The van der Waals surface area contributed by atoms with E-state index in [2.05, 4.69) is 15.3 Å². The number of amides is 3. The highest BCUT2D eigenvalue weighted by Gasteiger charge is 2.34. The quantitative estimate of drug-likeness (QED) is 0.348. The molecule has 2 aliphatic heterocycles. The Hall–Kier alpha value is -4.82. The second-order valence-electron chi connectivity index (χ2n) is 10.0. The van der Waals surface area contributed by atoms with E-state index in [4.69, 9.17) is 9.47 Å². The SMILES string of the molecule is CCOC(=O)CC[C@H]1CN(c2cc(F)c(N3CCN(C(=O)CCNC(=O)c4cn5cccnc5n4)CC3)c(F)c2)C(=O)O1. The largest absolute Gasteiger partial charge is 0.466 e. The standard InChI is InChI=1S/C28H31F2N7O6/c1-2-42-24(39)5-4-19-16-37(28(41)43-19)18-14-20(29)25(21(30)15-18)35-12-10-34(11-13-35)23(38)6-8-31-26(40)22-17-36-9-3-7-32-27(36)33-22/h3,7,9,14-15,17,19H,2,4-6,8,10-13,16H2,1H3,(H,31,40)/t19-/m0/s1. The summed E-state index contributed by atoms with van der Waals surface area (Å²) in [6.45, 7) is 2.96. The monoisotopic (exact) mass is 599 g/mol. The van der Waals surface area contributed by atoms with Crippen LogP contribution in [0.25, 0.3) is 5.78 Å². The van der Waals surface area contributed by atoms with Gasteiger partial charge in [0, 0.05) is 76.3 Å². The molecule has 3 aromatic rings. The molecule has 0 radical (unpaired) electrons. The van der Waals surface area contributed by atoms with Crippen LogP contribution < -0.4 is 15.1 Å². The lowest BCUT2D eigenvalue weighted by atomic mass is 10.1. The van der Waals surface area contributed by atoms with Crippen molar-refractivity contribution in [3.63, 3.8) is 0 Å². The van der Waals surface area contributed by atoms with Gasteiger partial charge in [0.1, 0.15) is 17.5 Å². The summed E-state index contributed by atoms with van der Waals surface area (Å²) in [5.74, 6) is -2.34. The zero-order valence-electron chi connectivity index (χ0n) is 23.5. The number of nitrogens with one attached hydrogen (secondary N) is 1. The number of anilines is 2. The fourth-order valence-corrected chi connectivity index (χ4v) is 5.06. The Morgan fingerprint density at radius 1 is 1.12 bits per heavy atom. The molecule has 228 valence electrons. The minimum Gasteiger partial charge on any atom is -0.466 e. The average Bonchev–Trinajstić information content (AvgIpc) is 3.59. The van der Waals surface area contributed by atoms with Gasteiger partial charge in [-0.05, 0) is 19.4 Å². The first-order chi connectivity index (χ1) is 20.7. The smallest absolute Gasteiger partial charge is 0.414 e. The number of benzene rings is 1. The molecule has 15 heteroatoms. The molecule has 1 atom stereocenters. The summed E-state index contributed by atoms with van der Waals surface area (Å²) in [5.41, 5.74) is -0.0418. The van der Waals surface area contributed by atoms with E-state index in [-0.39, 0.29) is 88.1 Å². The maximum absolute atomic E-state index is 15.2. The van der Waals surface area contributed by atoms with Crippen LogP contribution in [0.2, 0.25) is 0 Å². The first-order valence-electron chi connectivity index (χ1n) is 14.0. The summed E-state index contributed by atoms with van der Waals surface area (Å²) >= 11 is 0. The van der Waals surface area contributed by atoms with Crippen molar-refractivity contribution in [3.8, 4) is 0 Å². The third kappa shape index (κ3) is 6.81. The van der Waals surface area contributed by atoms with E-state index in [9.17, 15) is 19.2 Å². The van der Waals surface area contributed by atoms with Crippen molar-refractivity contribution in [1.29, 1.82) is 0 Å². The number of rotatable bonds is 10. The Morgan fingerprint density at radius 3 is 2.56 bits per heavy atom. The van der Waals surface area contributed by atoms with Crippen molar-refractivity contribution in [1.82, 2.24) is 24.6 Å². The Labute approximate surface area is 245 Å². The number of aromatic nitrogens is 3. The highest BCUT2D eigenvalue weighted by atomic mass is 19.1. The van der Waals surface area contributed by atoms with Crippen molar-refractivity contribution >= 4 is 41.0 Å². The Bertz CT molecular complexity index is 1470. The molecule has 0 unspecified atom stereocenters. The molecule has 2 saturated heterocycles. The lowest BCUT2D eigenvalue weighted by molar-refractivity contribution is -0.143. The van der Waals surface area contributed by atoms with E-state index < -0.39 is 35.7 Å². The van der Waals surface area contributed by atoms with E-state index in [0.717, 1.165) is 17.0 Å². The summed E-state index contributed by atoms with van der Waals surface area (Å²) in [4.78, 5) is 61.5. The van der Waals surface area contributed by atoms with E-state index in [1.54, 1.807) is 40.9 Å². The van der Waals surface area contributed by atoms with Gasteiger partial charge in [0.15, 0.2) is 11.6 Å². The molecule has 0 saturated carbocycles. The van der Waals surface area contributed by atoms with E-state index in [1.807, 2.05) is 0 Å². The van der Waals surface area contributed by atoms with Crippen molar-refractivity contribution in [2.75, 3.05) is 55.7 Å². The zero-order valence-corrected chi connectivity index (χ0v) is 23.5. The van der Waals surface area contributed by atoms with E-state index in [0.29, 0.717) is 5.78 Å². The van der Waals surface area contributed by atoms with Gasteiger partial charge in [0.25, 0.3) is 5.91 Å². The highest BCUT2D eigenvalue weighted by molar-refractivity contribution is 5.93. The van der Waals surface area contributed by atoms with E-state index >= 15 is 8.78 Å². The molecule has 13 nitrogen and oxygen atoms in total. The minimum atomic E-state index is -0.845. The van der Waals surface area contributed by atoms with Crippen molar-refractivity contribution in [2.24, 2.45) is 0 Å². The predicted molar refractivity (Wildman–Crippen MR) is 149 cm³/mol. The molecule has 43 heavy (non-hydrogen) atoms. The van der Waals surface area contributed by atoms with Crippen LogP contribution in [0.1, 0.15) is 36.7 Å². The summed E-state index contributed by atoms with van der Waals surface area (Å²) in [7, 11) is 0. The number of hydrogen-bond acceptors (Lipinski definition) is 9. The molecule has 1 aromatic carbocycles. The van der Waals surface area contributed by atoms with Gasteiger partial charge < -0.3 is 24.6 Å². The molecule has 2 fully saturated rings. The number of carbonyl (C=O) groups excluding carboxylic acids is 4. The van der Waals surface area contributed by atoms with Crippen molar-refractivity contribution in [3.05, 3.63) is 54.1 Å². The van der Waals surface area contributed by atoms with Gasteiger partial charge in [0.2, 0.25) is 11.7 Å². The molecular formula is C28H31F2N7O6. The maximum Gasteiger partial charge on any atom is 0.414 e. The van der Waals surface area contributed by atoms with Crippen LogP contribution in [0.5, 0.6) is 0 Å². The lowest BCUT2D eigenvalue weighted by Gasteiger charge is -2.36. The summed E-state index contributed by atoms with van der Waals surface area (Å²) < 4.78 is 42.1. The molecular weight excluding hydrogens is 568 g/mol. The first-order valence-corrected chi connectivity index (χ1v) is 14.0. The van der Waals surface area contributed by atoms with Crippen LogP contribution >= 0.6 is 0 Å². The zero-order chi connectivity index (χ0) is 30.5. The third-order valence-electron chi connectivity index (χ3n) is 7.20. The van der Waals surface area contributed by atoms with Crippen LogP contribution in [-0.2, 0) is 19.1 Å². The minimum absolute atomic E-state index is 0.0122. The maximum atomic E-state index is 15.2. The van der Waals surface area contributed by atoms with Crippen LogP contribution in [0.4, 0.5) is 25.0 Å². The predicted octanol–water partition coefficient (Wildman–Crippen LogP) is 2.14. The summed E-state index contributed by atoms with van der Waals surface area (Å²) in [5, 5.41) is 2.67. The highest BCUT2D eigenvalue weighted by Crippen LogP contribution is 2.32. The van der Waals surface area contributed by atoms with Crippen LogP contribution in [0.15, 0.2) is 36.8 Å². The number of fused-ring (bicyclic) bond motifs is 1. The first kappa shape index (κ1) is 29.7. The second-order valence-corrected chi connectivity index (χ2v) is 10.0. The molecule has 0 bridgehead atoms. The summed E-state index contributed by atoms with van der Waals surface area (Å²) in [6, 6.07) is 3.87. The number of imidazole rings is 1. The lowest BCUT2D eigenvalue weighted by Crippen LogP contribution is -2.49. The topological polar surface area (TPSA) is 139 Å². The molecule has 1 N–H and O–H groups in total. The van der Waals surface area contributed by atoms with Gasteiger partial charge in [0.05, 0.1) is 18.8 Å². The molecule has 0 spiro atoms. The van der Waals surface area contributed by atoms with Gasteiger partial charge in [-0.25, -0.2) is 23.5 Å². The number of hydrogen-bond donors (Lipinski definition) is 1. The average molecular weight is 600 g/mol. The van der Waals surface area contributed by atoms with Crippen LogP contribution in [0, 0.1) is 11.6 Å². The number of esters is 1. The number of cyclic esters (lactones) is 1. The van der Waals surface area contributed by atoms with E-state index in [1.165, 1.54) is 4.90 Å². The molecule has 0 aliphatic carbocycles. The van der Waals surface area contributed by atoms with Crippen molar-refractivity contribution in [2.45, 2.75) is 32.3 Å².